The Morgan fingerprint density at radius 3 is 2.10 bits per heavy atom. The zero-order chi connectivity index (χ0) is 7.49. The molecular formula is C3H10NaO5P. The third-order valence-corrected chi connectivity index (χ3v) is 1.13. The van der Waals surface area contributed by atoms with Crippen molar-refractivity contribution in [2.45, 2.75) is 19.6 Å². The molecule has 0 heterocycles. The third kappa shape index (κ3) is 9.07. The Bertz CT molecular complexity index is 122. The van der Waals surface area contributed by atoms with E-state index in [0.29, 0.717) is 0 Å². The van der Waals surface area contributed by atoms with Crippen LogP contribution in [0.1, 0.15) is 13.3 Å². The van der Waals surface area contributed by atoms with Crippen molar-refractivity contribution in [3.05, 3.63) is 0 Å². The maximum atomic E-state index is 9.91. The van der Waals surface area contributed by atoms with Crippen molar-refractivity contribution in [2.75, 3.05) is 0 Å². The second-order valence-electron chi connectivity index (χ2n) is 1.46. The fraction of sp³-hybridized carbons (Fsp3) is 1.00. The summed E-state index contributed by atoms with van der Waals surface area (Å²) in [6.45, 7) is 1.54. The monoisotopic (exact) mass is 180 g/mol. The van der Waals surface area contributed by atoms with Gasteiger partial charge in [0.15, 0.2) is 6.29 Å². The Balaban J connectivity index is 0. The summed E-state index contributed by atoms with van der Waals surface area (Å²) < 4.78 is 13.7. The number of hydrogen-bond acceptors (Lipinski definition) is 3. The summed E-state index contributed by atoms with van der Waals surface area (Å²) in [4.78, 5) is 16.1. The number of hydrogen-bond donors (Lipinski definition) is 3. The molecule has 0 aliphatic heterocycles. The van der Waals surface area contributed by atoms with Gasteiger partial charge >= 0.3 is 37.4 Å². The quantitative estimate of drug-likeness (QED) is 0.300. The molecule has 0 saturated carbocycles. The van der Waals surface area contributed by atoms with Gasteiger partial charge in [0.2, 0.25) is 0 Å². The van der Waals surface area contributed by atoms with Crippen molar-refractivity contribution in [3.8, 4) is 0 Å². The minimum absolute atomic E-state index is 0. The van der Waals surface area contributed by atoms with Crippen LogP contribution in [-0.4, -0.2) is 50.7 Å². The molecule has 0 amide bonds. The van der Waals surface area contributed by atoms with Gasteiger partial charge in [0.25, 0.3) is 0 Å². The van der Waals surface area contributed by atoms with Crippen molar-refractivity contribution < 1.29 is 24.0 Å². The Kier molecular flexibility index (Phi) is 7.76. The molecule has 0 bridgehead atoms. The van der Waals surface area contributed by atoms with E-state index in [4.69, 9.17) is 14.9 Å². The first kappa shape index (κ1) is 13.6. The van der Waals surface area contributed by atoms with E-state index in [-0.39, 0.29) is 36.0 Å². The molecular weight excluding hydrogens is 170 g/mol. The summed E-state index contributed by atoms with van der Waals surface area (Å²) in [6.07, 6.45) is -1.21. The molecule has 1 atom stereocenters. The minimum atomic E-state index is -4.49. The van der Waals surface area contributed by atoms with E-state index in [9.17, 15) is 4.57 Å². The standard InChI is InChI=1S/C3H9O5P.Na.H/c1-2-3(4)8-9(5,6)7;;/h3-4H,2H2,1H3,(H2,5,6,7);;. The average Bonchev–Trinajstić information content (AvgIpc) is 1.62. The fourth-order valence-electron chi connectivity index (χ4n) is 0.233. The predicted molar refractivity (Wildman–Crippen MR) is 36.6 cm³/mol. The van der Waals surface area contributed by atoms with Gasteiger partial charge in [-0.25, -0.2) is 4.57 Å². The summed E-state index contributed by atoms with van der Waals surface area (Å²) >= 11 is 0. The van der Waals surface area contributed by atoms with Crippen molar-refractivity contribution in [3.63, 3.8) is 0 Å². The van der Waals surface area contributed by atoms with Crippen molar-refractivity contribution in [1.82, 2.24) is 0 Å². The van der Waals surface area contributed by atoms with Crippen LogP contribution in [0.3, 0.4) is 0 Å². The van der Waals surface area contributed by atoms with E-state index in [1.165, 1.54) is 0 Å². The van der Waals surface area contributed by atoms with Crippen LogP contribution >= 0.6 is 7.82 Å². The molecule has 10 heavy (non-hydrogen) atoms. The van der Waals surface area contributed by atoms with Gasteiger partial charge in [-0.2, -0.15) is 0 Å². The third-order valence-electron chi connectivity index (χ3n) is 0.608. The SMILES string of the molecule is CCC(O)OP(=O)(O)O.[NaH]. The Hall–Kier alpha value is 1.07. The molecule has 0 aliphatic rings. The molecule has 0 saturated heterocycles. The summed E-state index contributed by atoms with van der Waals surface area (Å²) in [5.41, 5.74) is 0. The van der Waals surface area contributed by atoms with Gasteiger partial charge in [-0.3, -0.25) is 4.52 Å². The van der Waals surface area contributed by atoms with Crippen molar-refractivity contribution in [2.24, 2.45) is 0 Å². The second-order valence-corrected chi connectivity index (χ2v) is 2.65. The van der Waals surface area contributed by atoms with Crippen LogP contribution < -0.4 is 0 Å². The number of phosphoric acid groups is 1. The number of rotatable bonds is 3. The van der Waals surface area contributed by atoms with Crippen LogP contribution in [0.15, 0.2) is 0 Å². The molecule has 1 unspecified atom stereocenters. The molecule has 0 aromatic carbocycles. The van der Waals surface area contributed by atoms with Gasteiger partial charge in [0.1, 0.15) is 0 Å². The van der Waals surface area contributed by atoms with Crippen LogP contribution in [0.25, 0.3) is 0 Å². The molecule has 3 N–H and O–H groups in total. The molecule has 7 heteroatoms. The van der Waals surface area contributed by atoms with Crippen LogP contribution in [-0.2, 0) is 9.09 Å². The summed E-state index contributed by atoms with van der Waals surface area (Å²) in [5.74, 6) is 0. The summed E-state index contributed by atoms with van der Waals surface area (Å²) in [7, 11) is -4.49. The van der Waals surface area contributed by atoms with Gasteiger partial charge in [-0.05, 0) is 6.42 Å². The molecule has 0 radical (unpaired) electrons. The zero-order valence-corrected chi connectivity index (χ0v) is 5.78. The van der Waals surface area contributed by atoms with Crippen molar-refractivity contribution in [1.29, 1.82) is 0 Å². The Morgan fingerprint density at radius 1 is 1.60 bits per heavy atom. The van der Waals surface area contributed by atoms with Gasteiger partial charge in [0.05, 0.1) is 0 Å². The van der Waals surface area contributed by atoms with Crippen LogP contribution in [0, 0.1) is 0 Å². The predicted octanol–water partition coefficient (Wildman–Crippen LogP) is -0.824. The van der Waals surface area contributed by atoms with Gasteiger partial charge < -0.3 is 14.9 Å². The molecule has 0 aromatic heterocycles. The first-order valence-electron chi connectivity index (χ1n) is 2.37. The summed E-state index contributed by atoms with van der Waals surface area (Å²) in [5, 5.41) is 8.48. The molecule has 0 fully saturated rings. The van der Waals surface area contributed by atoms with Crippen molar-refractivity contribution >= 4 is 37.4 Å². The zero-order valence-electron chi connectivity index (χ0n) is 4.89. The summed E-state index contributed by atoms with van der Waals surface area (Å²) in [6, 6.07) is 0. The van der Waals surface area contributed by atoms with E-state index in [1.807, 2.05) is 0 Å². The van der Waals surface area contributed by atoms with E-state index in [0.717, 1.165) is 0 Å². The normalized spacial score (nSPS) is 14.0. The number of aliphatic hydroxyl groups is 1. The molecule has 0 spiro atoms. The first-order chi connectivity index (χ1) is 3.95. The van der Waals surface area contributed by atoms with Crippen LogP contribution in [0.5, 0.6) is 0 Å². The van der Waals surface area contributed by atoms with E-state index >= 15 is 0 Å². The molecule has 5 nitrogen and oxygen atoms in total. The van der Waals surface area contributed by atoms with Gasteiger partial charge in [-0.1, -0.05) is 6.92 Å². The van der Waals surface area contributed by atoms with Gasteiger partial charge in [0, 0.05) is 0 Å². The topological polar surface area (TPSA) is 87.0 Å². The molecule has 0 aromatic rings. The molecule has 0 aliphatic carbocycles. The van der Waals surface area contributed by atoms with E-state index < -0.39 is 14.1 Å². The number of aliphatic hydroxyl groups excluding tert-OH is 1. The van der Waals surface area contributed by atoms with E-state index in [2.05, 4.69) is 4.52 Å². The van der Waals surface area contributed by atoms with E-state index in [1.54, 1.807) is 6.92 Å². The van der Waals surface area contributed by atoms with Gasteiger partial charge in [-0.15, -0.1) is 0 Å². The Morgan fingerprint density at radius 2 is 2.00 bits per heavy atom. The molecule has 58 valence electrons. The van der Waals surface area contributed by atoms with Crippen LogP contribution in [0.4, 0.5) is 0 Å². The molecule has 0 rings (SSSR count). The second kappa shape index (κ2) is 5.69. The van der Waals surface area contributed by atoms with Crippen LogP contribution in [0.2, 0.25) is 0 Å². The Labute approximate surface area is 80.9 Å². The average molecular weight is 180 g/mol. The number of phosphoric ester groups is 1. The first-order valence-corrected chi connectivity index (χ1v) is 3.90. The maximum absolute atomic E-state index is 9.91. The fourth-order valence-corrected chi connectivity index (χ4v) is 0.699.